The van der Waals surface area contributed by atoms with Crippen LogP contribution in [0.5, 0.6) is 0 Å². The Kier molecular flexibility index (Phi) is 6.22. The van der Waals surface area contributed by atoms with E-state index in [1.807, 2.05) is 32.8 Å². The van der Waals surface area contributed by atoms with Gasteiger partial charge < -0.3 is 4.90 Å². The van der Waals surface area contributed by atoms with Gasteiger partial charge in [-0.1, -0.05) is 29.8 Å². The second kappa shape index (κ2) is 6.87. The molecule has 114 valence electrons. The first kappa shape index (κ1) is 18.1. The summed E-state index contributed by atoms with van der Waals surface area (Å²) in [5, 5.41) is 0. The molecule has 0 spiro atoms. The third-order valence-electron chi connectivity index (χ3n) is 2.67. The average molecular weight is 428 g/mol. The minimum absolute atomic E-state index is 0.144. The van der Waals surface area contributed by atoms with Gasteiger partial charge in [0.1, 0.15) is 0 Å². The Labute approximate surface area is 138 Å². The summed E-state index contributed by atoms with van der Waals surface area (Å²) in [4.78, 5) is 2.29. The van der Waals surface area contributed by atoms with E-state index in [1.165, 1.54) is 0 Å². The van der Waals surface area contributed by atoms with Gasteiger partial charge >= 0.3 is 0 Å². The fourth-order valence-corrected chi connectivity index (χ4v) is 4.70. The van der Waals surface area contributed by atoms with Crippen molar-refractivity contribution in [2.45, 2.75) is 18.7 Å². The zero-order valence-corrected chi connectivity index (χ0v) is 16.1. The highest BCUT2D eigenvalue weighted by molar-refractivity contribution is 9.11. The fraction of sp³-hybridized carbons (Fsp3) is 0.538. The number of benzene rings is 1. The number of halogens is 2. The quantitative estimate of drug-likeness (QED) is 0.758. The Balaban J connectivity index is 2.88. The highest BCUT2D eigenvalue weighted by Crippen LogP contribution is 2.26. The maximum Gasteiger partial charge on any atom is 0.241 e. The lowest BCUT2D eigenvalue weighted by molar-refractivity contribution is 0.242. The van der Waals surface area contributed by atoms with Crippen molar-refractivity contribution >= 4 is 41.9 Å². The van der Waals surface area contributed by atoms with Gasteiger partial charge in [0, 0.05) is 22.0 Å². The van der Waals surface area contributed by atoms with Crippen LogP contribution in [-0.2, 0) is 10.0 Å². The van der Waals surface area contributed by atoms with Gasteiger partial charge in [0.2, 0.25) is 10.0 Å². The van der Waals surface area contributed by atoms with Gasteiger partial charge in [0.15, 0.2) is 0 Å². The molecule has 0 heterocycles. The van der Waals surface area contributed by atoms with Gasteiger partial charge in [-0.05, 0) is 53.6 Å². The van der Waals surface area contributed by atoms with E-state index in [2.05, 4.69) is 36.6 Å². The molecule has 1 rings (SSSR count). The Morgan fingerprint density at radius 3 is 2.40 bits per heavy atom. The summed E-state index contributed by atoms with van der Waals surface area (Å²) in [5.74, 6) is 0. The van der Waals surface area contributed by atoms with Crippen molar-refractivity contribution in [3.8, 4) is 0 Å². The van der Waals surface area contributed by atoms with Crippen molar-refractivity contribution in [2.24, 2.45) is 5.41 Å². The monoisotopic (exact) mass is 426 g/mol. The molecular formula is C13H20Br2N2O2S. The predicted octanol–water partition coefficient (Wildman–Crippen LogP) is 3.08. The van der Waals surface area contributed by atoms with Gasteiger partial charge in [-0.15, -0.1) is 0 Å². The third kappa shape index (κ3) is 5.44. The second-order valence-corrected chi connectivity index (χ2v) is 9.31. The summed E-state index contributed by atoms with van der Waals surface area (Å²) in [6, 6.07) is 5.09. The van der Waals surface area contributed by atoms with Gasteiger partial charge in [-0.3, -0.25) is 0 Å². The number of nitrogens with one attached hydrogen (secondary N) is 1. The lowest BCUT2D eigenvalue weighted by atomic mass is 9.93. The molecule has 0 aliphatic carbocycles. The van der Waals surface area contributed by atoms with Crippen LogP contribution in [0.3, 0.4) is 0 Å². The van der Waals surface area contributed by atoms with Crippen LogP contribution in [0.15, 0.2) is 32.0 Å². The molecule has 20 heavy (non-hydrogen) atoms. The molecule has 0 atom stereocenters. The number of hydrogen-bond donors (Lipinski definition) is 1. The standard InChI is InChI=1S/C13H20Br2N2O2S/c1-13(2,9-17(3)4)8-16-20(18,19)12-7-10(14)5-6-11(12)15/h5-7,16H,8-9H2,1-4H3. The summed E-state index contributed by atoms with van der Waals surface area (Å²) in [7, 11) is 0.419. The van der Waals surface area contributed by atoms with Gasteiger partial charge in [0.05, 0.1) is 4.90 Å². The highest BCUT2D eigenvalue weighted by atomic mass is 79.9. The maximum atomic E-state index is 12.4. The normalized spacial score (nSPS) is 12.9. The average Bonchev–Trinajstić information content (AvgIpc) is 2.28. The Bertz CT molecular complexity index is 572. The summed E-state index contributed by atoms with van der Waals surface area (Å²) >= 11 is 6.57. The molecule has 0 aliphatic heterocycles. The third-order valence-corrected chi connectivity index (χ3v) is 5.56. The van der Waals surface area contributed by atoms with E-state index in [9.17, 15) is 8.42 Å². The van der Waals surface area contributed by atoms with Gasteiger partial charge in [-0.25, -0.2) is 13.1 Å². The van der Waals surface area contributed by atoms with E-state index in [1.54, 1.807) is 18.2 Å². The van der Waals surface area contributed by atoms with Crippen LogP contribution in [0.4, 0.5) is 0 Å². The van der Waals surface area contributed by atoms with E-state index in [0.29, 0.717) is 11.0 Å². The number of sulfonamides is 1. The fourth-order valence-electron chi connectivity index (χ4n) is 1.96. The van der Waals surface area contributed by atoms with Crippen molar-refractivity contribution in [1.29, 1.82) is 0 Å². The zero-order chi connectivity index (χ0) is 15.6. The van der Waals surface area contributed by atoms with E-state index in [-0.39, 0.29) is 10.3 Å². The minimum atomic E-state index is -3.53. The van der Waals surface area contributed by atoms with Crippen molar-refractivity contribution < 1.29 is 8.42 Å². The number of nitrogens with zero attached hydrogens (tertiary/aromatic N) is 1. The molecule has 4 nitrogen and oxygen atoms in total. The van der Waals surface area contributed by atoms with Crippen LogP contribution in [0.2, 0.25) is 0 Å². The lowest BCUT2D eigenvalue weighted by Gasteiger charge is -2.28. The van der Waals surface area contributed by atoms with Crippen LogP contribution in [0, 0.1) is 5.41 Å². The van der Waals surface area contributed by atoms with Crippen LogP contribution in [0.1, 0.15) is 13.8 Å². The van der Waals surface area contributed by atoms with Gasteiger partial charge in [0.25, 0.3) is 0 Å². The molecule has 0 fully saturated rings. The molecule has 1 N–H and O–H groups in total. The zero-order valence-electron chi connectivity index (χ0n) is 12.1. The first-order valence-corrected chi connectivity index (χ1v) is 9.20. The summed E-state index contributed by atoms with van der Waals surface area (Å²) in [6.45, 7) is 5.25. The molecule has 7 heteroatoms. The summed E-state index contributed by atoms with van der Waals surface area (Å²) in [6.07, 6.45) is 0. The molecule has 0 aliphatic rings. The number of hydrogen-bond acceptors (Lipinski definition) is 3. The largest absolute Gasteiger partial charge is 0.309 e. The molecule has 1 aromatic rings. The first-order valence-electron chi connectivity index (χ1n) is 6.13. The van der Waals surface area contributed by atoms with Crippen molar-refractivity contribution in [3.63, 3.8) is 0 Å². The molecule has 0 saturated carbocycles. The van der Waals surface area contributed by atoms with Crippen LogP contribution in [0.25, 0.3) is 0 Å². The van der Waals surface area contributed by atoms with Crippen LogP contribution >= 0.6 is 31.9 Å². The van der Waals surface area contributed by atoms with E-state index in [4.69, 9.17) is 0 Å². The van der Waals surface area contributed by atoms with E-state index < -0.39 is 10.0 Å². The lowest BCUT2D eigenvalue weighted by Crippen LogP contribution is -2.40. The SMILES string of the molecule is CN(C)CC(C)(C)CNS(=O)(=O)c1cc(Br)ccc1Br. The Morgan fingerprint density at radius 1 is 1.25 bits per heavy atom. The predicted molar refractivity (Wildman–Crippen MR) is 89.4 cm³/mol. The summed E-state index contributed by atoms with van der Waals surface area (Å²) < 4.78 is 28.7. The molecule has 0 aromatic heterocycles. The second-order valence-electron chi connectivity index (χ2n) is 5.80. The molecule has 0 bridgehead atoms. The Morgan fingerprint density at radius 2 is 1.85 bits per heavy atom. The van der Waals surface area contributed by atoms with Gasteiger partial charge in [-0.2, -0.15) is 0 Å². The highest BCUT2D eigenvalue weighted by Gasteiger charge is 2.24. The minimum Gasteiger partial charge on any atom is -0.309 e. The van der Waals surface area contributed by atoms with Crippen molar-refractivity contribution in [1.82, 2.24) is 9.62 Å². The maximum absolute atomic E-state index is 12.4. The Hall–Kier alpha value is 0.0500. The smallest absolute Gasteiger partial charge is 0.241 e. The van der Waals surface area contributed by atoms with Crippen molar-refractivity contribution in [3.05, 3.63) is 27.1 Å². The molecule has 0 saturated heterocycles. The van der Waals surface area contributed by atoms with Crippen molar-refractivity contribution in [2.75, 3.05) is 27.2 Å². The number of rotatable bonds is 6. The first-order chi connectivity index (χ1) is 9.03. The van der Waals surface area contributed by atoms with E-state index >= 15 is 0 Å². The van der Waals surface area contributed by atoms with Crippen LogP contribution < -0.4 is 4.72 Å². The molecule has 0 radical (unpaired) electrons. The van der Waals surface area contributed by atoms with Crippen LogP contribution in [-0.4, -0.2) is 40.5 Å². The summed E-state index contributed by atoms with van der Waals surface area (Å²) in [5.41, 5.74) is -0.144. The molecule has 1 aromatic carbocycles. The topological polar surface area (TPSA) is 49.4 Å². The van der Waals surface area contributed by atoms with E-state index in [0.717, 1.165) is 11.0 Å². The molecule has 0 amide bonds. The molecular weight excluding hydrogens is 408 g/mol. The molecule has 0 unspecified atom stereocenters.